The molecule has 0 bridgehead atoms. The highest BCUT2D eigenvalue weighted by atomic mass is 16.6. The number of hydrogen-bond donors (Lipinski definition) is 2. The summed E-state index contributed by atoms with van der Waals surface area (Å²) in [5.74, 6) is 1.32. The van der Waals surface area contributed by atoms with E-state index in [0.717, 1.165) is 37.2 Å². The lowest BCUT2D eigenvalue weighted by molar-refractivity contribution is 0.0942. The zero-order valence-corrected chi connectivity index (χ0v) is 18.3. The molecular weight excluding hydrogens is 420 g/mol. The molecule has 2 aromatic carbocycles. The molecule has 5 rings (SSSR count). The van der Waals surface area contributed by atoms with Crippen molar-refractivity contribution in [2.45, 2.75) is 31.1 Å². The summed E-state index contributed by atoms with van der Waals surface area (Å²) in [5.41, 5.74) is 2.21. The van der Waals surface area contributed by atoms with Crippen LogP contribution in [0.5, 0.6) is 11.5 Å². The molecule has 1 aromatic heterocycles. The number of rotatable bonds is 6. The monoisotopic (exact) mass is 446 g/mol. The molecule has 0 spiro atoms. The molecule has 0 radical (unpaired) electrons. The van der Waals surface area contributed by atoms with Gasteiger partial charge in [-0.2, -0.15) is 0 Å². The van der Waals surface area contributed by atoms with Crippen molar-refractivity contribution < 1.29 is 23.5 Å². The second-order valence-electron chi connectivity index (χ2n) is 8.54. The summed E-state index contributed by atoms with van der Waals surface area (Å²) in [7, 11) is 0. The molecule has 2 N–H and O–H groups in total. The first-order valence-electron chi connectivity index (χ1n) is 11.3. The van der Waals surface area contributed by atoms with E-state index < -0.39 is 0 Å². The minimum absolute atomic E-state index is 0.109. The minimum Gasteiger partial charge on any atom is -0.486 e. The van der Waals surface area contributed by atoms with Crippen LogP contribution in [0.2, 0.25) is 0 Å². The maximum Gasteiger partial charge on any atom is 0.291 e. The molecule has 7 heteroatoms. The molecule has 1 fully saturated rings. The first-order chi connectivity index (χ1) is 16.1. The van der Waals surface area contributed by atoms with Gasteiger partial charge in [-0.05, 0) is 66.9 Å². The highest BCUT2D eigenvalue weighted by Gasteiger charge is 2.37. The maximum absolute atomic E-state index is 12.9. The van der Waals surface area contributed by atoms with Gasteiger partial charge in [0.25, 0.3) is 11.8 Å². The van der Waals surface area contributed by atoms with Gasteiger partial charge >= 0.3 is 0 Å². The van der Waals surface area contributed by atoms with Crippen molar-refractivity contribution in [3.63, 3.8) is 0 Å². The van der Waals surface area contributed by atoms with Crippen LogP contribution in [-0.2, 0) is 5.41 Å². The normalized spacial score (nSPS) is 16.2. The van der Waals surface area contributed by atoms with Gasteiger partial charge in [-0.15, -0.1) is 0 Å². The van der Waals surface area contributed by atoms with E-state index in [-0.39, 0.29) is 23.0 Å². The summed E-state index contributed by atoms with van der Waals surface area (Å²) in [5, 5.41) is 5.88. The largest absolute Gasteiger partial charge is 0.486 e. The number of benzene rings is 2. The molecule has 1 aliphatic heterocycles. The van der Waals surface area contributed by atoms with Gasteiger partial charge in [0.1, 0.15) is 13.2 Å². The average molecular weight is 447 g/mol. The number of furan rings is 1. The van der Waals surface area contributed by atoms with Crippen molar-refractivity contribution in [3.05, 3.63) is 77.7 Å². The molecule has 3 aromatic rings. The summed E-state index contributed by atoms with van der Waals surface area (Å²) in [6.45, 7) is 1.68. The highest BCUT2D eigenvalue weighted by molar-refractivity contribution is 6.02. The number of hydrogen-bond acceptors (Lipinski definition) is 5. The van der Waals surface area contributed by atoms with Crippen molar-refractivity contribution in [3.8, 4) is 11.5 Å². The Labute approximate surface area is 192 Å². The fraction of sp³-hybridized carbons (Fsp3) is 0.308. The van der Waals surface area contributed by atoms with Crippen LogP contribution in [0.25, 0.3) is 0 Å². The smallest absolute Gasteiger partial charge is 0.291 e. The van der Waals surface area contributed by atoms with Gasteiger partial charge in [0, 0.05) is 23.2 Å². The van der Waals surface area contributed by atoms with E-state index in [1.165, 1.54) is 11.8 Å². The lowest BCUT2D eigenvalue weighted by Gasteiger charge is -2.31. The molecule has 0 unspecified atom stereocenters. The summed E-state index contributed by atoms with van der Waals surface area (Å²) >= 11 is 0. The first kappa shape index (κ1) is 21.1. The van der Waals surface area contributed by atoms with Crippen molar-refractivity contribution in [2.75, 3.05) is 25.1 Å². The Morgan fingerprint density at radius 1 is 0.879 bits per heavy atom. The average Bonchev–Trinajstić information content (AvgIpc) is 3.56. The third-order valence-corrected chi connectivity index (χ3v) is 6.45. The number of amides is 2. The van der Waals surface area contributed by atoms with E-state index in [9.17, 15) is 9.59 Å². The standard InChI is InChI=1S/C26H26N2O5/c29-24(18-5-8-20(9-6-18)28-25(30)22-4-3-13-31-22)27-17-26(11-1-2-12-26)19-7-10-21-23(16-19)33-15-14-32-21/h3-10,13,16H,1-2,11-12,14-15,17H2,(H,27,29)(H,28,30). The van der Waals surface area contributed by atoms with Crippen LogP contribution in [0, 0.1) is 0 Å². The number of fused-ring (bicyclic) bond motifs is 1. The van der Waals surface area contributed by atoms with Gasteiger partial charge in [0.2, 0.25) is 0 Å². The van der Waals surface area contributed by atoms with Crippen LogP contribution in [0.15, 0.2) is 65.3 Å². The third kappa shape index (κ3) is 4.44. The van der Waals surface area contributed by atoms with Crippen molar-refractivity contribution in [1.29, 1.82) is 0 Å². The molecule has 7 nitrogen and oxygen atoms in total. The molecule has 2 heterocycles. The Bertz CT molecular complexity index is 1130. The van der Waals surface area contributed by atoms with Crippen molar-refractivity contribution in [1.82, 2.24) is 5.32 Å². The van der Waals surface area contributed by atoms with E-state index in [2.05, 4.69) is 22.8 Å². The molecule has 2 aliphatic rings. The Morgan fingerprint density at radius 2 is 1.64 bits per heavy atom. The number of nitrogens with one attached hydrogen (secondary N) is 2. The highest BCUT2D eigenvalue weighted by Crippen LogP contribution is 2.43. The van der Waals surface area contributed by atoms with Crippen LogP contribution in [0.4, 0.5) is 5.69 Å². The maximum atomic E-state index is 12.9. The van der Waals surface area contributed by atoms with E-state index in [0.29, 0.717) is 31.0 Å². The third-order valence-electron chi connectivity index (χ3n) is 6.45. The van der Waals surface area contributed by atoms with Crippen LogP contribution in [0.3, 0.4) is 0 Å². The van der Waals surface area contributed by atoms with E-state index in [1.807, 2.05) is 6.07 Å². The fourth-order valence-electron chi connectivity index (χ4n) is 4.65. The van der Waals surface area contributed by atoms with Gasteiger partial charge in [0.15, 0.2) is 17.3 Å². The van der Waals surface area contributed by atoms with E-state index in [4.69, 9.17) is 13.9 Å². The molecule has 33 heavy (non-hydrogen) atoms. The van der Waals surface area contributed by atoms with E-state index >= 15 is 0 Å². The number of carbonyl (C=O) groups excluding carboxylic acids is 2. The Kier molecular flexibility index (Phi) is 5.77. The quantitative estimate of drug-likeness (QED) is 0.580. The zero-order chi connectivity index (χ0) is 22.7. The van der Waals surface area contributed by atoms with Gasteiger partial charge in [0.05, 0.1) is 6.26 Å². The summed E-state index contributed by atoms with van der Waals surface area (Å²) in [4.78, 5) is 25.0. The van der Waals surface area contributed by atoms with Crippen molar-refractivity contribution in [2.24, 2.45) is 0 Å². The van der Waals surface area contributed by atoms with Crippen LogP contribution in [-0.4, -0.2) is 31.6 Å². The first-order valence-corrected chi connectivity index (χ1v) is 11.3. The zero-order valence-electron chi connectivity index (χ0n) is 18.3. The molecule has 0 saturated heterocycles. The van der Waals surface area contributed by atoms with Crippen LogP contribution in [0.1, 0.15) is 52.2 Å². The van der Waals surface area contributed by atoms with Gasteiger partial charge in [-0.1, -0.05) is 18.9 Å². The summed E-state index contributed by atoms with van der Waals surface area (Å²) in [6.07, 6.45) is 5.75. The van der Waals surface area contributed by atoms with Gasteiger partial charge < -0.3 is 24.5 Å². The lowest BCUT2D eigenvalue weighted by atomic mass is 9.78. The molecule has 2 amide bonds. The number of anilines is 1. The van der Waals surface area contributed by atoms with Crippen LogP contribution >= 0.6 is 0 Å². The molecule has 0 atom stereocenters. The van der Waals surface area contributed by atoms with E-state index in [1.54, 1.807) is 36.4 Å². The Hall–Kier alpha value is -3.74. The minimum atomic E-state index is -0.334. The number of ether oxygens (including phenoxy) is 2. The molecule has 1 aliphatic carbocycles. The van der Waals surface area contributed by atoms with Gasteiger partial charge in [-0.3, -0.25) is 9.59 Å². The second kappa shape index (κ2) is 9.02. The summed E-state index contributed by atoms with van der Waals surface area (Å²) < 4.78 is 16.5. The second-order valence-corrected chi connectivity index (χ2v) is 8.54. The predicted octanol–water partition coefficient (Wildman–Crippen LogP) is 4.54. The molecular formula is C26H26N2O5. The SMILES string of the molecule is O=C(NCC1(c2ccc3c(c2)OCCO3)CCCC1)c1ccc(NC(=O)c2ccco2)cc1. The van der Waals surface area contributed by atoms with Crippen LogP contribution < -0.4 is 20.1 Å². The predicted molar refractivity (Wildman–Crippen MR) is 123 cm³/mol. The Morgan fingerprint density at radius 3 is 2.36 bits per heavy atom. The molecule has 1 saturated carbocycles. The molecule has 170 valence electrons. The number of carbonyl (C=O) groups is 2. The Balaban J connectivity index is 1.25. The van der Waals surface area contributed by atoms with Gasteiger partial charge in [-0.25, -0.2) is 0 Å². The topological polar surface area (TPSA) is 89.8 Å². The lowest BCUT2D eigenvalue weighted by Crippen LogP contribution is -2.39. The fourth-order valence-corrected chi connectivity index (χ4v) is 4.65. The summed E-state index contributed by atoms with van der Waals surface area (Å²) in [6, 6.07) is 16.2. The van der Waals surface area contributed by atoms with Crippen molar-refractivity contribution >= 4 is 17.5 Å².